The van der Waals surface area contributed by atoms with Crippen LogP contribution in [0.3, 0.4) is 0 Å². The molecule has 1 aromatic carbocycles. The summed E-state index contributed by atoms with van der Waals surface area (Å²) in [6.45, 7) is 0. The van der Waals surface area contributed by atoms with E-state index in [1.807, 2.05) is 18.2 Å². The lowest BCUT2D eigenvalue weighted by Crippen LogP contribution is -2.15. The van der Waals surface area contributed by atoms with Gasteiger partial charge in [0.25, 0.3) is 5.91 Å². The molecule has 5 nitrogen and oxygen atoms in total. The Kier molecular flexibility index (Phi) is 3.53. The highest BCUT2D eigenvalue weighted by molar-refractivity contribution is 9.10. The number of anilines is 1. The summed E-state index contributed by atoms with van der Waals surface area (Å²) < 4.78 is 0.869. The Morgan fingerprint density at radius 1 is 1.24 bits per heavy atom. The van der Waals surface area contributed by atoms with E-state index in [9.17, 15) is 9.59 Å². The van der Waals surface area contributed by atoms with Gasteiger partial charge in [-0.1, -0.05) is 12.1 Å². The van der Waals surface area contributed by atoms with E-state index >= 15 is 0 Å². The molecule has 6 heteroatoms. The monoisotopic (exact) mass is 343 g/mol. The van der Waals surface area contributed by atoms with E-state index in [0.29, 0.717) is 16.8 Å². The third-order valence-electron chi connectivity index (χ3n) is 2.96. The smallest absolute Gasteiger partial charge is 0.255 e. The zero-order valence-corrected chi connectivity index (χ0v) is 12.3. The molecule has 0 atom stereocenters. The van der Waals surface area contributed by atoms with E-state index in [4.69, 9.17) is 0 Å². The number of halogens is 1. The van der Waals surface area contributed by atoms with Gasteiger partial charge in [-0.15, -0.1) is 0 Å². The number of H-pyrrole nitrogens is 1. The van der Waals surface area contributed by atoms with Crippen molar-refractivity contribution >= 4 is 38.4 Å². The lowest BCUT2D eigenvalue weighted by Gasteiger charge is -2.08. The predicted molar refractivity (Wildman–Crippen MR) is 84.5 cm³/mol. The van der Waals surface area contributed by atoms with E-state index in [-0.39, 0.29) is 11.5 Å². The van der Waals surface area contributed by atoms with Gasteiger partial charge >= 0.3 is 0 Å². The number of para-hydroxylation sites is 1. The highest BCUT2D eigenvalue weighted by Crippen LogP contribution is 2.24. The molecule has 0 spiro atoms. The summed E-state index contributed by atoms with van der Waals surface area (Å²) in [5.74, 6) is -0.349. The van der Waals surface area contributed by atoms with Crippen molar-refractivity contribution in [2.45, 2.75) is 0 Å². The number of hydrogen-bond acceptors (Lipinski definition) is 3. The van der Waals surface area contributed by atoms with Crippen LogP contribution in [-0.4, -0.2) is 15.9 Å². The van der Waals surface area contributed by atoms with Gasteiger partial charge in [-0.3, -0.25) is 14.6 Å². The summed E-state index contributed by atoms with van der Waals surface area (Å²) >= 11 is 3.36. The third-order valence-corrected chi connectivity index (χ3v) is 3.40. The summed E-state index contributed by atoms with van der Waals surface area (Å²) in [5.41, 5.74) is 1.28. The van der Waals surface area contributed by atoms with Gasteiger partial charge in [-0.25, -0.2) is 0 Å². The highest BCUT2D eigenvalue weighted by atomic mass is 79.9. The minimum absolute atomic E-state index is 0.299. The Morgan fingerprint density at radius 2 is 2.10 bits per heavy atom. The van der Waals surface area contributed by atoms with Crippen LogP contribution in [-0.2, 0) is 0 Å². The minimum atomic E-state index is -0.349. The van der Waals surface area contributed by atoms with E-state index in [1.54, 1.807) is 18.3 Å². The Bertz CT molecular complexity index is 889. The first-order chi connectivity index (χ1) is 10.1. The Morgan fingerprint density at radius 3 is 2.90 bits per heavy atom. The summed E-state index contributed by atoms with van der Waals surface area (Å²) in [6.07, 6.45) is 3.11. The largest absolute Gasteiger partial charge is 0.329 e. The lowest BCUT2D eigenvalue weighted by molar-refractivity contribution is 0.102. The van der Waals surface area contributed by atoms with Gasteiger partial charge in [-0.2, -0.15) is 0 Å². The molecule has 0 unspecified atom stereocenters. The Balaban J connectivity index is 1.98. The molecule has 1 amide bonds. The van der Waals surface area contributed by atoms with Crippen LogP contribution in [0.25, 0.3) is 10.9 Å². The number of aromatic amines is 1. The molecule has 2 heterocycles. The topological polar surface area (TPSA) is 74.8 Å². The van der Waals surface area contributed by atoms with E-state index in [0.717, 1.165) is 9.86 Å². The molecule has 2 aromatic heterocycles. The number of nitrogens with one attached hydrogen (secondary N) is 2. The lowest BCUT2D eigenvalue weighted by atomic mass is 10.2. The number of benzene rings is 1. The molecule has 0 aliphatic carbocycles. The molecule has 0 bridgehead atoms. The minimum Gasteiger partial charge on any atom is -0.329 e. The predicted octanol–water partition coefficient (Wildman–Crippen LogP) is 2.94. The second-order valence-corrected chi connectivity index (χ2v) is 5.34. The van der Waals surface area contributed by atoms with Crippen LogP contribution in [0.5, 0.6) is 0 Å². The third kappa shape index (κ3) is 2.85. The maximum atomic E-state index is 12.2. The molecular weight excluding hydrogens is 334 g/mol. The summed E-state index contributed by atoms with van der Waals surface area (Å²) in [5, 5.41) is 3.69. The number of fused-ring (bicyclic) bond motifs is 1. The fourth-order valence-corrected chi connectivity index (χ4v) is 2.36. The number of aromatic nitrogens is 2. The molecule has 0 aliphatic heterocycles. The fourth-order valence-electron chi connectivity index (χ4n) is 2.02. The molecular formula is C15H10BrN3O2. The van der Waals surface area contributed by atoms with Crippen molar-refractivity contribution in [1.29, 1.82) is 0 Å². The van der Waals surface area contributed by atoms with Crippen molar-refractivity contribution in [2.75, 3.05) is 5.32 Å². The van der Waals surface area contributed by atoms with Crippen LogP contribution in [0, 0.1) is 0 Å². The number of nitrogens with zero attached hydrogens (tertiary/aromatic N) is 1. The zero-order chi connectivity index (χ0) is 14.8. The van der Waals surface area contributed by atoms with E-state index in [1.165, 1.54) is 12.3 Å². The van der Waals surface area contributed by atoms with E-state index < -0.39 is 0 Å². The normalized spacial score (nSPS) is 10.5. The van der Waals surface area contributed by atoms with Crippen LogP contribution < -0.4 is 10.9 Å². The van der Waals surface area contributed by atoms with Gasteiger partial charge < -0.3 is 10.3 Å². The van der Waals surface area contributed by atoms with Gasteiger partial charge in [0.05, 0.1) is 11.2 Å². The van der Waals surface area contributed by atoms with Crippen molar-refractivity contribution in [3.05, 3.63) is 69.2 Å². The van der Waals surface area contributed by atoms with Crippen LogP contribution in [0.1, 0.15) is 10.4 Å². The molecule has 0 saturated carbocycles. The van der Waals surface area contributed by atoms with Gasteiger partial charge in [0.2, 0.25) is 5.56 Å². The molecule has 0 radical (unpaired) electrons. The SMILES string of the molecule is O=C(Nc1cccc2cc(Br)cnc12)c1cc[nH]c(=O)c1. The molecule has 0 saturated heterocycles. The maximum Gasteiger partial charge on any atom is 0.255 e. The first kappa shape index (κ1) is 13.5. The summed E-state index contributed by atoms with van der Waals surface area (Å²) in [4.78, 5) is 30.2. The molecule has 104 valence electrons. The molecule has 0 fully saturated rings. The van der Waals surface area contributed by atoms with Crippen molar-refractivity contribution < 1.29 is 4.79 Å². The summed E-state index contributed by atoms with van der Waals surface area (Å²) in [7, 11) is 0. The number of carbonyl (C=O) groups is 1. The molecule has 3 aromatic rings. The van der Waals surface area contributed by atoms with Crippen molar-refractivity contribution in [3.63, 3.8) is 0 Å². The zero-order valence-electron chi connectivity index (χ0n) is 10.8. The van der Waals surface area contributed by atoms with Crippen LogP contribution in [0.4, 0.5) is 5.69 Å². The first-order valence-electron chi connectivity index (χ1n) is 6.18. The van der Waals surface area contributed by atoms with Crippen molar-refractivity contribution in [3.8, 4) is 0 Å². The van der Waals surface area contributed by atoms with E-state index in [2.05, 4.69) is 31.2 Å². The maximum absolute atomic E-state index is 12.2. The van der Waals surface area contributed by atoms with Crippen LogP contribution in [0.2, 0.25) is 0 Å². The fraction of sp³-hybridized carbons (Fsp3) is 0. The number of rotatable bonds is 2. The second kappa shape index (κ2) is 5.49. The Hall–Kier alpha value is -2.47. The van der Waals surface area contributed by atoms with Gasteiger partial charge in [-0.05, 0) is 34.1 Å². The number of hydrogen-bond donors (Lipinski definition) is 2. The Labute approximate surface area is 128 Å². The van der Waals surface area contributed by atoms with Gasteiger partial charge in [0.15, 0.2) is 0 Å². The average Bonchev–Trinajstić information content (AvgIpc) is 2.47. The molecule has 2 N–H and O–H groups in total. The summed E-state index contributed by atoms with van der Waals surface area (Å²) in [6, 6.07) is 10.2. The molecule has 21 heavy (non-hydrogen) atoms. The van der Waals surface area contributed by atoms with Crippen LogP contribution >= 0.6 is 15.9 Å². The molecule has 0 aliphatic rings. The number of pyridine rings is 2. The van der Waals surface area contributed by atoms with Crippen molar-refractivity contribution in [2.24, 2.45) is 0 Å². The van der Waals surface area contributed by atoms with Crippen LogP contribution in [0.15, 0.2) is 58.1 Å². The van der Waals surface area contributed by atoms with Gasteiger partial charge in [0, 0.05) is 33.9 Å². The second-order valence-electron chi connectivity index (χ2n) is 4.43. The quantitative estimate of drug-likeness (QED) is 0.751. The van der Waals surface area contributed by atoms with Gasteiger partial charge in [0.1, 0.15) is 0 Å². The van der Waals surface area contributed by atoms with Crippen molar-refractivity contribution in [1.82, 2.24) is 9.97 Å². The standard InChI is InChI=1S/C15H10BrN3O2/c16-11-6-9-2-1-3-12(14(9)18-8-11)19-15(21)10-4-5-17-13(20)7-10/h1-8H,(H,17,20)(H,19,21). The number of amides is 1. The average molecular weight is 344 g/mol. The highest BCUT2D eigenvalue weighted by Gasteiger charge is 2.09. The molecule has 3 rings (SSSR count). The first-order valence-corrected chi connectivity index (χ1v) is 6.97. The number of carbonyl (C=O) groups excluding carboxylic acids is 1.